The number of aromatic hydroxyl groups is 3. The zero-order valence-corrected chi connectivity index (χ0v) is 66.3. The van der Waals surface area contributed by atoms with Gasteiger partial charge in [-0.2, -0.15) is 47.9 Å². The summed E-state index contributed by atoms with van der Waals surface area (Å²) in [5.74, 6) is 3.00. The van der Waals surface area contributed by atoms with Crippen LogP contribution in [0.5, 0.6) is 46.0 Å². The highest BCUT2D eigenvalue weighted by Crippen LogP contribution is 2.40. The first-order chi connectivity index (χ1) is 51.9. The minimum atomic E-state index is -4.48. The predicted octanol–water partition coefficient (Wildman–Crippen LogP) is 23.6. The minimum Gasteiger partial charge on any atom is -0.508 e. The zero-order valence-electron chi connectivity index (χ0n) is 65.4. The maximum Gasteiger partial charge on any atom is 0.419 e. The summed E-state index contributed by atoms with van der Waals surface area (Å²) >= 11 is 0. The molecule has 0 saturated heterocycles. The van der Waals surface area contributed by atoms with Crippen LogP contribution in [0.1, 0.15) is 146 Å². The SMILES string of the molecule is COC(=O)c1ccc(OC)c(C)c1.COc1cc(S(=O)(=O)O)c(C)cc1C.COc1ccc(-c2ccccc2)cc1C.COc1ccc(C(C)(C)c2ccccc2)cc1C.COc1ccc(C2CCCCC2)cc1C.Cc1cc(C(F)(F)F)ccc1O.Cc1ccc(O)c(C(F)(F)F)c1.Cc1ccc(O)c(C(F)(F)F)c1. The summed E-state index contributed by atoms with van der Waals surface area (Å²) in [6.45, 7) is 20.6. The number of carbonyl (C=O) groups is 1. The van der Waals surface area contributed by atoms with Crippen LogP contribution >= 0.6 is 0 Å². The number of benzene rings is 10. The Morgan fingerprint density at radius 1 is 0.378 bits per heavy atom. The molecule has 4 N–H and O–H groups in total. The number of esters is 1. The van der Waals surface area contributed by atoms with E-state index in [-0.39, 0.29) is 27.6 Å². The van der Waals surface area contributed by atoms with Crippen molar-refractivity contribution >= 4 is 16.1 Å². The lowest BCUT2D eigenvalue weighted by Gasteiger charge is -2.26. The minimum absolute atomic E-state index is 0.0122. The maximum atomic E-state index is 12.1. The van der Waals surface area contributed by atoms with E-state index in [2.05, 4.69) is 142 Å². The van der Waals surface area contributed by atoms with E-state index in [1.54, 1.807) is 66.6 Å². The molecule has 1 aliphatic carbocycles. The van der Waals surface area contributed by atoms with Gasteiger partial charge in [0, 0.05) is 11.5 Å². The summed E-state index contributed by atoms with van der Waals surface area (Å²) in [5, 5.41) is 26.6. The van der Waals surface area contributed by atoms with Crippen LogP contribution in [-0.4, -0.2) is 76.9 Å². The van der Waals surface area contributed by atoms with E-state index in [1.165, 1.54) is 130 Å². The molecule has 111 heavy (non-hydrogen) atoms. The van der Waals surface area contributed by atoms with Crippen molar-refractivity contribution in [2.75, 3.05) is 42.7 Å². The Balaban J connectivity index is 0.000000269. The molecule has 10 aromatic rings. The molecular weight excluding hydrogens is 1470 g/mol. The molecule has 0 unspecified atom stereocenters. The van der Waals surface area contributed by atoms with Crippen LogP contribution in [0.2, 0.25) is 0 Å². The van der Waals surface area contributed by atoms with Crippen LogP contribution in [0.4, 0.5) is 39.5 Å². The van der Waals surface area contributed by atoms with E-state index in [0.29, 0.717) is 28.0 Å². The Hall–Kier alpha value is -10.7. The van der Waals surface area contributed by atoms with Crippen molar-refractivity contribution < 1.29 is 101 Å². The van der Waals surface area contributed by atoms with Crippen LogP contribution in [0.3, 0.4) is 0 Å². The average Bonchev–Trinajstić information content (AvgIpc) is 0.803. The summed E-state index contributed by atoms with van der Waals surface area (Å²) in [6.07, 6.45) is -6.33. The highest BCUT2D eigenvalue weighted by Gasteiger charge is 2.35. The number of phenols is 3. The highest BCUT2D eigenvalue weighted by molar-refractivity contribution is 7.85. The van der Waals surface area contributed by atoms with Crippen molar-refractivity contribution in [2.24, 2.45) is 0 Å². The molecule has 13 nitrogen and oxygen atoms in total. The lowest BCUT2D eigenvalue weighted by Crippen LogP contribution is -2.18. The second-order valence-electron chi connectivity index (χ2n) is 26.6. The van der Waals surface area contributed by atoms with Gasteiger partial charge in [0.15, 0.2) is 0 Å². The molecule has 0 bridgehead atoms. The Kier molecular flexibility index (Phi) is 35.5. The summed E-state index contributed by atoms with van der Waals surface area (Å²) in [4.78, 5) is 11.0. The third kappa shape index (κ3) is 28.9. The number of hydrogen-bond acceptors (Lipinski definition) is 12. The van der Waals surface area contributed by atoms with Gasteiger partial charge in [-0.25, -0.2) is 4.79 Å². The van der Waals surface area contributed by atoms with E-state index in [4.69, 9.17) is 43.6 Å². The van der Waals surface area contributed by atoms with Gasteiger partial charge in [-0.1, -0.05) is 153 Å². The fourth-order valence-electron chi connectivity index (χ4n) is 11.6. The Bertz CT molecular complexity index is 4670. The standard InChI is InChI=1S/C17H20O.C14H20O.C14H14O.C10H12O3.C9H12O4S.3C8H7F3O/c1-13-12-15(10-11-16(13)18-4)17(2,3)14-8-6-5-7-9-14;2*1-11-10-13(8-9-14(11)15-2)12-6-4-3-5-7-12;1-7-6-8(10(11)13-3)4-5-9(7)12-2;1-6-4-7(2)9(14(10,11)12)5-8(6)13-3;1-5-4-6(8(9,10)11)2-3-7(5)12;2*1-5-2-3-7(12)6(4-5)8(9,10)11/h5-12H,1-4H3;8-10,12H,3-7H2,1-2H3;3-10H,1-2H3;4-6H,1-3H3;4-5H,1-3H3,(H,10,11,12);3*2-4,12H,1H3. The van der Waals surface area contributed by atoms with E-state index in [1.807, 2.05) is 19.1 Å². The molecular formula is C88H99F9O13S. The topological polar surface area (TPSA) is 188 Å². The quantitative estimate of drug-likeness (QED) is 0.0545. The predicted molar refractivity (Wildman–Crippen MR) is 418 cm³/mol. The van der Waals surface area contributed by atoms with Crippen LogP contribution in [0.25, 0.3) is 11.1 Å². The second kappa shape index (κ2) is 42.5. The third-order valence-corrected chi connectivity index (χ3v) is 18.8. The largest absolute Gasteiger partial charge is 0.508 e. The number of hydrogen-bond donors (Lipinski definition) is 4. The third-order valence-electron chi connectivity index (χ3n) is 17.8. The van der Waals surface area contributed by atoms with Gasteiger partial charge in [0.1, 0.15) is 50.9 Å². The molecule has 0 aliphatic heterocycles. The van der Waals surface area contributed by atoms with Gasteiger partial charge < -0.3 is 43.7 Å². The van der Waals surface area contributed by atoms with Gasteiger partial charge in [0.05, 0.1) is 64.9 Å². The number of ether oxygens (including phenoxy) is 6. The van der Waals surface area contributed by atoms with Gasteiger partial charge in [-0.05, 0) is 233 Å². The van der Waals surface area contributed by atoms with Gasteiger partial charge in [-0.3, -0.25) is 4.55 Å². The fourth-order valence-corrected chi connectivity index (χ4v) is 12.3. The molecule has 598 valence electrons. The smallest absolute Gasteiger partial charge is 0.419 e. The first-order valence-corrected chi connectivity index (χ1v) is 36.4. The molecule has 1 saturated carbocycles. The maximum absolute atomic E-state index is 12.1. The lowest BCUT2D eigenvalue weighted by atomic mass is 9.78. The van der Waals surface area contributed by atoms with Crippen LogP contribution in [0, 0.1) is 62.3 Å². The highest BCUT2D eigenvalue weighted by atomic mass is 32.2. The monoisotopic (exact) mass is 1570 g/mol. The van der Waals surface area contributed by atoms with Crippen molar-refractivity contribution in [3.8, 4) is 57.1 Å². The molecule has 10 aromatic carbocycles. The number of methoxy groups -OCH3 is 6. The number of alkyl halides is 9. The zero-order chi connectivity index (χ0) is 83.4. The summed E-state index contributed by atoms with van der Waals surface area (Å²) in [7, 11) is 5.40. The van der Waals surface area contributed by atoms with Gasteiger partial charge >= 0.3 is 24.5 Å². The number of rotatable bonds is 11. The molecule has 0 heterocycles. The normalized spacial score (nSPS) is 11.9. The van der Waals surface area contributed by atoms with Crippen molar-refractivity contribution in [2.45, 2.75) is 143 Å². The van der Waals surface area contributed by atoms with Crippen LogP contribution in [-0.2, 0) is 38.8 Å². The number of halogens is 9. The Morgan fingerprint density at radius 3 is 1.21 bits per heavy atom. The molecule has 0 radical (unpaired) electrons. The van der Waals surface area contributed by atoms with Gasteiger partial charge in [-0.15, -0.1) is 0 Å². The summed E-state index contributed by atoms with van der Waals surface area (Å²) in [5.41, 5.74) is 11.5. The molecule has 0 spiro atoms. The fraction of sp³-hybridized carbons (Fsp3) is 0.307. The molecule has 0 amide bonds. The lowest BCUT2D eigenvalue weighted by molar-refractivity contribution is -0.139. The van der Waals surface area contributed by atoms with E-state index < -0.39 is 56.8 Å². The first kappa shape index (κ1) is 92.7. The van der Waals surface area contributed by atoms with Crippen LogP contribution < -0.4 is 23.7 Å². The molecule has 23 heteroatoms. The van der Waals surface area contributed by atoms with Gasteiger partial charge in [0.25, 0.3) is 10.1 Å². The van der Waals surface area contributed by atoms with E-state index in [9.17, 15) is 52.7 Å². The molecule has 1 aliphatic rings. The van der Waals surface area contributed by atoms with Crippen molar-refractivity contribution in [1.29, 1.82) is 0 Å². The Labute approximate surface area is 646 Å². The van der Waals surface area contributed by atoms with E-state index >= 15 is 0 Å². The summed E-state index contributed by atoms with van der Waals surface area (Å²) in [6, 6.07) is 58.0. The van der Waals surface area contributed by atoms with Crippen molar-refractivity contribution in [3.63, 3.8) is 0 Å². The number of aryl methyl sites for hydroxylation is 9. The molecule has 0 aromatic heterocycles. The number of phenolic OH excluding ortho intramolecular Hbond substituents is 3. The van der Waals surface area contributed by atoms with Gasteiger partial charge in [0.2, 0.25) is 0 Å². The number of carbonyl (C=O) groups excluding carboxylic acids is 1. The molecule has 11 rings (SSSR count). The van der Waals surface area contributed by atoms with Crippen LogP contribution in [0.15, 0.2) is 205 Å². The second-order valence-corrected chi connectivity index (χ2v) is 28.0. The molecule has 0 atom stereocenters. The summed E-state index contributed by atoms with van der Waals surface area (Å²) < 4.78 is 170. The van der Waals surface area contributed by atoms with E-state index in [0.717, 1.165) is 82.5 Å². The average molecular weight is 1570 g/mol. The van der Waals surface area contributed by atoms with Crippen molar-refractivity contribution in [1.82, 2.24) is 0 Å². The van der Waals surface area contributed by atoms with Crippen molar-refractivity contribution in [3.05, 3.63) is 289 Å². The Morgan fingerprint density at radius 2 is 0.793 bits per heavy atom. The molecule has 1 fully saturated rings. The first-order valence-electron chi connectivity index (χ1n) is 35.0.